The summed E-state index contributed by atoms with van der Waals surface area (Å²) in [5.41, 5.74) is 0.415. The Morgan fingerprint density at radius 3 is 2.41 bits per heavy atom. The quantitative estimate of drug-likeness (QED) is 0.859. The first-order chi connectivity index (χ1) is 8.16. The standard InChI is InChI=1S/C13H11NO3/c1-9(15)14-11-7-8-12(17-13(11)16)10-5-3-2-4-6-10/h2-8H,1H3,(H,14,15). The molecule has 0 spiro atoms. The molecular formula is C13H11NO3. The van der Waals surface area contributed by atoms with E-state index in [0.717, 1.165) is 5.56 Å². The van der Waals surface area contributed by atoms with Crippen molar-refractivity contribution in [3.63, 3.8) is 0 Å². The van der Waals surface area contributed by atoms with Crippen molar-refractivity contribution in [2.24, 2.45) is 0 Å². The molecule has 17 heavy (non-hydrogen) atoms. The Bertz CT molecular complexity index is 587. The van der Waals surface area contributed by atoms with E-state index in [-0.39, 0.29) is 11.6 Å². The van der Waals surface area contributed by atoms with Crippen LogP contribution in [0.4, 0.5) is 5.69 Å². The van der Waals surface area contributed by atoms with Crippen LogP contribution in [0.3, 0.4) is 0 Å². The minimum Gasteiger partial charge on any atom is -0.421 e. The van der Waals surface area contributed by atoms with Crippen LogP contribution in [-0.2, 0) is 4.79 Å². The number of anilines is 1. The first-order valence-corrected chi connectivity index (χ1v) is 5.14. The Morgan fingerprint density at radius 2 is 1.82 bits per heavy atom. The fourth-order valence-electron chi connectivity index (χ4n) is 1.46. The monoisotopic (exact) mass is 229 g/mol. The van der Waals surface area contributed by atoms with Crippen molar-refractivity contribution in [3.05, 3.63) is 52.9 Å². The predicted octanol–water partition coefficient (Wildman–Crippen LogP) is 2.27. The molecule has 0 saturated heterocycles. The maximum atomic E-state index is 11.6. The largest absolute Gasteiger partial charge is 0.421 e. The Labute approximate surface area is 97.9 Å². The SMILES string of the molecule is CC(=O)Nc1ccc(-c2ccccc2)oc1=O. The second-order valence-corrected chi connectivity index (χ2v) is 3.55. The Kier molecular flexibility index (Phi) is 3.05. The Hall–Kier alpha value is -2.36. The van der Waals surface area contributed by atoms with Crippen LogP contribution in [0.5, 0.6) is 0 Å². The molecule has 4 nitrogen and oxygen atoms in total. The van der Waals surface area contributed by atoms with E-state index in [2.05, 4.69) is 5.32 Å². The van der Waals surface area contributed by atoms with Gasteiger partial charge in [-0.25, -0.2) is 4.79 Å². The summed E-state index contributed by atoms with van der Waals surface area (Å²) in [5, 5.41) is 2.41. The number of amides is 1. The molecule has 4 heteroatoms. The highest BCUT2D eigenvalue weighted by Crippen LogP contribution is 2.18. The van der Waals surface area contributed by atoms with Crippen LogP contribution in [0, 0.1) is 0 Å². The van der Waals surface area contributed by atoms with E-state index in [9.17, 15) is 9.59 Å². The number of nitrogens with one attached hydrogen (secondary N) is 1. The average molecular weight is 229 g/mol. The zero-order chi connectivity index (χ0) is 12.3. The van der Waals surface area contributed by atoms with Gasteiger partial charge >= 0.3 is 5.63 Å². The van der Waals surface area contributed by atoms with Crippen LogP contribution in [0.25, 0.3) is 11.3 Å². The summed E-state index contributed by atoms with van der Waals surface area (Å²) in [7, 11) is 0. The zero-order valence-corrected chi connectivity index (χ0v) is 9.27. The Balaban J connectivity index is 2.38. The fraction of sp³-hybridized carbons (Fsp3) is 0.0769. The van der Waals surface area contributed by atoms with Gasteiger partial charge in [0.25, 0.3) is 0 Å². The van der Waals surface area contributed by atoms with Crippen molar-refractivity contribution in [2.75, 3.05) is 5.32 Å². The lowest BCUT2D eigenvalue weighted by Crippen LogP contribution is -2.14. The summed E-state index contributed by atoms with van der Waals surface area (Å²) in [6.07, 6.45) is 0. The van der Waals surface area contributed by atoms with E-state index in [1.54, 1.807) is 6.07 Å². The van der Waals surface area contributed by atoms with Crippen molar-refractivity contribution in [1.82, 2.24) is 0 Å². The highest BCUT2D eigenvalue weighted by atomic mass is 16.4. The molecule has 86 valence electrons. The molecule has 0 aliphatic carbocycles. The van der Waals surface area contributed by atoms with Crippen molar-refractivity contribution in [2.45, 2.75) is 6.92 Å². The maximum Gasteiger partial charge on any atom is 0.360 e. The number of benzene rings is 1. The number of carbonyl (C=O) groups is 1. The van der Waals surface area contributed by atoms with Crippen molar-refractivity contribution < 1.29 is 9.21 Å². The molecule has 1 aromatic carbocycles. The summed E-state index contributed by atoms with van der Waals surface area (Å²) in [6.45, 7) is 1.34. The van der Waals surface area contributed by atoms with Crippen LogP contribution in [0.2, 0.25) is 0 Å². The number of carbonyl (C=O) groups excluding carboxylic acids is 1. The molecule has 1 amide bonds. The smallest absolute Gasteiger partial charge is 0.360 e. The van der Waals surface area contributed by atoms with Gasteiger partial charge in [0.2, 0.25) is 5.91 Å². The van der Waals surface area contributed by atoms with Gasteiger partial charge in [-0.15, -0.1) is 0 Å². The van der Waals surface area contributed by atoms with Gasteiger partial charge in [-0.05, 0) is 12.1 Å². The van der Waals surface area contributed by atoms with E-state index in [1.807, 2.05) is 30.3 Å². The Morgan fingerprint density at radius 1 is 1.12 bits per heavy atom. The van der Waals surface area contributed by atoms with E-state index >= 15 is 0 Å². The molecule has 0 unspecified atom stereocenters. The molecule has 0 saturated carbocycles. The van der Waals surface area contributed by atoms with Gasteiger partial charge in [-0.3, -0.25) is 4.79 Å². The number of hydrogen-bond donors (Lipinski definition) is 1. The predicted molar refractivity (Wildman–Crippen MR) is 64.7 cm³/mol. The third kappa shape index (κ3) is 2.60. The normalized spacial score (nSPS) is 9.94. The molecule has 2 aromatic rings. The van der Waals surface area contributed by atoms with Crippen molar-refractivity contribution >= 4 is 11.6 Å². The van der Waals surface area contributed by atoms with E-state index in [4.69, 9.17) is 4.42 Å². The second kappa shape index (κ2) is 4.65. The molecule has 0 fully saturated rings. The molecule has 0 radical (unpaired) electrons. The molecule has 0 aliphatic heterocycles. The van der Waals surface area contributed by atoms with Gasteiger partial charge in [-0.2, -0.15) is 0 Å². The zero-order valence-electron chi connectivity index (χ0n) is 9.27. The van der Waals surface area contributed by atoms with Crippen LogP contribution < -0.4 is 10.9 Å². The van der Waals surface area contributed by atoms with Gasteiger partial charge < -0.3 is 9.73 Å². The lowest BCUT2D eigenvalue weighted by atomic mass is 10.1. The van der Waals surface area contributed by atoms with Crippen LogP contribution in [-0.4, -0.2) is 5.91 Å². The lowest BCUT2D eigenvalue weighted by Gasteiger charge is -2.02. The van der Waals surface area contributed by atoms with Gasteiger partial charge in [0.1, 0.15) is 11.4 Å². The van der Waals surface area contributed by atoms with Gasteiger partial charge in [0.05, 0.1) is 0 Å². The first kappa shape index (κ1) is 11.1. The lowest BCUT2D eigenvalue weighted by molar-refractivity contribution is -0.114. The maximum absolute atomic E-state index is 11.6. The third-order valence-corrected chi connectivity index (χ3v) is 2.19. The summed E-state index contributed by atoms with van der Waals surface area (Å²) in [6, 6.07) is 12.5. The molecule has 0 atom stereocenters. The van der Waals surface area contributed by atoms with Crippen molar-refractivity contribution in [3.8, 4) is 11.3 Å². The van der Waals surface area contributed by atoms with Crippen molar-refractivity contribution in [1.29, 1.82) is 0 Å². The molecule has 2 rings (SSSR count). The van der Waals surface area contributed by atoms with Crippen LogP contribution >= 0.6 is 0 Å². The topological polar surface area (TPSA) is 59.3 Å². The molecular weight excluding hydrogens is 218 g/mol. The molecule has 1 aromatic heterocycles. The van der Waals surface area contributed by atoms with Gasteiger partial charge in [0.15, 0.2) is 0 Å². The summed E-state index contributed by atoms with van der Waals surface area (Å²) >= 11 is 0. The third-order valence-electron chi connectivity index (χ3n) is 2.19. The molecule has 0 bridgehead atoms. The second-order valence-electron chi connectivity index (χ2n) is 3.55. The van der Waals surface area contributed by atoms with E-state index < -0.39 is 5.63 Å². The minimum absolute atomic E-state index is 0.150. The highest BCUT2D eigenvalue weighted by Gasteiger charge is 2.06. The first-order valence-electron chi connectivity index (χ1n) is 5.14. The van der Waals surface area contributed by atoms with E-state index in [0.29, 0.717) is 5.76 Å². The number of hydrogen-bond acceptors (Lipinski definition) is 3. The van der Waals surface area contributed by atoms with E-state index in [1.165, 1.54) is 13.0 Å². The molecule has 0 aliphatic rings. The van der Waals surface area contributed by atoms with Gasteiger partial charge in [0, 0.05) is 12.5 Å². The highest BCUT2D eigenvalue weighted by molar-refractivity contribution is 5.88. The molecule has 1 heterocycles. The summed E-state index contributed by atoms with van der Waals surface area (Å²) in [5.74, 6) is 0.175. The summed E-state index contributed by atoms with van der Waals surface area (Å²) in [4.78, 5) is 22.4. The van der Waals surface area contributed by atoms with Gasteiger partial charge in [-0.1, -0.05) is 30.3 Å². The average Bonchev–Trinajstić information content (AvgIpc) is 2.32. The minimum atomic E-state index is -0.554. The fourth-order valence-corrected chi connectivity index (χ4v) is 1.46. The molecule has 1 N–H and O–H groups in total. The van der Waals surface area contributed by atoms with Crippen LogP contribution in [0.15, 0.2) is 51.7 Å². The summed E-state index contributed by atoms with van der Waals surface area (Å²) < 4.78 is 5.13. The number of rotatable bonds is 2. The van der Waals surface area contributed by atoms with Crippen LogP contribution in [0.1, 0.15) is 6.92 Å².